The van der Waals surface area contributed by atoms with Gasteiger partial charge >= 0.3 is 0 Å². The lowest BCUT2D eigenvalue weighted by Crippen LogP contribution is -2.15. The third-order valence-electron chi connectivity index (χ3n) is 4.22. The van der Waals surface area contributed by atoms with Gasteiger partial charge in [0.05, 0.1) is 31.5 Å². The van der Waals surface area contributed by atoms with Gasteiger partial charge < -0.3 is 20.1 Å². The Bertz CT molecular complexity index is 930. The Kier molecular flexibility index (Phi) is 6.06. The smallest absolute Gasteiger partial charge is 0.258 e. The minimum atomic E-state index is -0.328. The number of benzene rings is 2. The zero-order valence-corrected chi connectivity index (χ0v) is 16.0. The Morgan fingerprint density at radius 3 is 2.36 bits per heavy atom. The number of methoxy groups -OCH3 is 2. The van der Waals surface area contributed by atoms with Crippen LogP contribution in [0.5, 0.6) is 11.5 Å². The van der Waals surface area contributed by atoms with Crippen molar-refractivity contribution in [3.63, 3.8) is 0 Å². The lowest BCUT2D eigenvalue weighted by molar-refractivity contribution is 0.102. The Labute approximate surface area is 163 Å². The van der Waals surface area contributed by atoms with E-state index in [1.54, 1.807) is 25.3 Å². The van der Waals surface area contributed by atoms with Gasteiger partial charge in [-0.2, -0.15) is 0 Å². The molecular formula is C21H22N4O3. The Hall–Kier alpha value is -3.61. The van der Waals surface area contributed by atoms with Crippen LogP contribution in [0.4, 0.5) is 11.6 Å². The summed E-state index contributed by atoms with van der Waals surface area (Å²) in [5.74, 6) is 1.27. The number of hydrogen-bond acceptors (Lipinski definition) is 6. The van der Waals surface area contributed by atoms with Crippen LogP contribution in [0.2, 0.25) is 0 Å². The van der Waals surface area contributed by atoms with Crippen molar-refractivity contribution in [3.8, 4) is 11.5 Å². The van der Waals surface area contributed by atoms with Crippen LogP contribution in [0.25, 0.3) is 0 Å². The van der Waals surface area contributed by atoms with E-state index in [0.29, 0.717) is 28.7 Å². The van der Waals surface area contributed by atoms with E-state index in [9.17, 15) is 4.79 Å². The lowest BCUT2D eigenvalue weighted by Gasteiger charge is -2.14. The number of aromatic nitrogens is 2. The average molecular weight is 378 g/mol. The van der Waals surface area contributed by atoms with Crippen molar-refractivity contribution in [1.29, 1.82) is 0 Å². The van der Waals surface area contributed by atoms with Gasteiger partial charge in [0.2, 0.25) is 5.95 Å². The van der Waals surface area contributed by atoms with Gasteiger partial charge in [0.1, 0.15) is 11.5 Å². The van der Waals surface area contributed by atoms with Crippen LogP contribution in [-0.4, -0.2) is 30.1 Å². The van der Waals surface area contributed by atoms with Gasteiger partial charge in [0.15, 0.2) is 0 Å². The molecule has 3 aromatic rings. The predicted molar refractivity (Wildman–Crippen MR) is 108 cm³/mol. The predicted octanol–water partition coefficient (Wildman–Crippen LogP) is 3.92. The molecule has 7 heteroatoms. The minimum absolute atomic E-state index is 0.0458. The molecule has 1 atom stereocenters. The van der Waals surface area contributed by atoms with Crippen LogP contribution in [0.3, 0.4) is 0 Å². The fraction of sp³-hybridized carbons (Fsp3) is 0.190. The zero-order valence-electron chi connectivity index (χ0n) is 16.0. The number of ether oxygens (including phenoxy) is 2. The van der Waals surface area contributed by atoms with E-state index in [0.717, 1.165) is 5.56 Å². The van der Waals surface area contributed by atoms with Gasteiger partial charge in [-0.15, -0.1) is 0 Å². The van der Waals surface area contributed by atoms with Gasteiger partial charge in [-0.05, 0) is 24.6 Å². The molecule has 7 nitrogen and oxygen atoms in total. The second-order valence-electron chi connectivity index (χ2n) is 6.09. The third-order valence-corrected chi connectivity index (χ3v) is 4.22. The van der Waals surface area contributed by atoms with Crippen LogP contribution in [-0.2, 0) is 0 Å². The summed E-state index contributed by atoms with van der Waals surface area (Å²) < 4.78 is 10.5. The highest BCUT2D eigenvalue weighted by molar-refractivity contribution is 6.04. The molecule has 0 saturated carbocycles. The second-order valence-corrected chi connectivity index (χ2v) is 6.09. The molecule has 2 N–H and O–H groups in total. The quantitative estimate of drug-likeness (QED) is 0.648. The number of hydrogen-bond donors (Lipinski definition) is 2. The first kappa shape index (κ1) is 19.2. The molecule has 0 saturated heterocycles. The monoisotopic (exact) mass is 378 g/mol. The number of nitrogens with one attached hydrogen (secondary N) is 2. The molecule has 0 aliphatic heterocycles. The topological polar surface area (TPSA) is 85.4 Å². The van der Waals surface area contributed by atoms with Gasteiger partial charge in [-0.3, -0.25) is 4.79 Å². The van der Waals surface area contributed by atoms with E-state index in [4.69, 9.17) is 9.47 Å². The summed E-state index contributed by atoms with van der Waals surface area (Å²) in [5.41, 5.74) is 2.00. The standard InChI is InChI=1S/C21H22N4O3/c1-14(15-7-5-4-6-8-15)24-21-22-12-16(13-23-21)20(26)25-18-10-9-17(27-2)11-19(18)28-3/h4-14H,1-3H3,(H,25,26)(H,22,23,24). The molecule has 0 spiro atoms. The van der Waals surface area contributed by atoms with E-state index in [1.807, 2.05) is 37.3 Å². The van der Waals surface area contributed by atoms with E-state index in [1.165, 1.54) is 19.5 Å². The summed E-state index contributed by atoms with van der Waals surface area (Å²) in [6.07, 6.45) is 2.97. The maximum absolute atomic E-state index is 12.5. The number of anilines is 2. The highest BCUT2D eigenvalue weighted by Crippen LogP contribution is 2.29. The minimum Gasteiger partial charge on any atom is -0.497 e. The molecule has 0 fully saturated rings. The Balaban J connectivity index is 1.67. The van der Waals surface area contributed by atoms with Crippen molar-refractivity contribution in [2.24, 2.45) is 0 Å². The maximum atomic E-state index is 12.5. The first-order chi connectivity index (χ1) is 13.6. The molecule has 0 radical (unpaired) electrons. The van der Waals surface area contributed by atoms with Crippen LogP contribution < -0.4 is 20.1 Å². The molecule has 3 rings (SSSR count). The van der Waals surface area contributed by atoms with E-state index < -0.39 is 0 Å². The second kappa shape index (κ2) is 8.85. The largest absolute Gasteiger partial charge is 0.497 e. The maximum Gasteiger partial charge on any atom is 0.258 e. The van der Waals surface area contributed by atoms with Crippen molar-refractivity contribution in [2.75, 3.05) is 24.9 Å². The van der Waals surface area contributed by atoms with Gasteiger partial charge in [-0.1, -0.05) is 30.3 Å². The third kappa shape index (κ3) is 4.56. The number of amides is 1. The molecule has 1 amide bonds. The molecule has 0 aliphatic carbocycles. The van der Waals surface area contributed by atoms with E-state index >= 15 is 0 Å². The average Bonchev–Trinajstić information content (AvgIpc) is 2.75. The van der Waals surface area contributed by atoms with Gasteiger partial charge in [0, 0.05) is 18.5 Å². The van der Waals surface area contributed by atoms with E-state index in [2.05, 4.69) is 20.6 Å². The summed E-state index contributed by atoms with van der Waals surface area (Å²) in [4.78, 5) is 21.0. The van der Waals surface area contributed by atoms with Crippen LogP contribution in [0.15, 0.2) is 60.9 Å². The summed E-state index contributed by atoms with van der Waals surface area (Å²) in [7, 11) is 3.10. The van der Waals surface area contributed by atoms with Gasteiger partial charge in [0.25, 0.3) is 5.91 Å². The first-order valence-electron chi connectivity index (χ1n) is 8.77. The molecule has 1 unspecified atom stereocenters. The summed E-state index contributed by atoms with van der Waals surface area (Å²) >= 11 is 0. The highest BCUT2D eigenvalue weighted by atomic mass is 16.5. The van der Waals surface area contributed by atoms with Crippen LogP contribution >= 0.6 is 0 Å². The molecule has 0 aliphatic rings. The highest BCUT2D eigenvalue weighted by Gasteiger charge is 2.13. The Morgan fingerprint density at radius 1 is 1.00 bits per heavy atom. The summed E-state index contributed by atoms with van der Waals surface area (Å²) in [5, 5.41) is 6.01. The summed E-state index contributed by atoms with van der Waals surface area (Å²) in [6.45, 7) is 2.02. The van der Waals surface area contributed by atoms with Crippen molar-refractivity contribution in [2.45, 2.75) is 13.0 Å². The molecule has 144 valence electrons. The van der Waals surface area contributed by atoms with Gasteiger partial charge in [-0.25, -0.2) is 9.97 Å². The molecular weight excluding hydrogens is 356 g/mol. The fourth-order valence-corrected chi connectivity index (χ4v) is 2.63. The molecule has 0 bridgehead atoms. The van der Waals surface area contributed by atoms with Crippen molar-refractivity contribution in [3.05, 3.63) is 72.1 Å². The van der Waals surface area contributed by atoms with E-state index in [-0.39, 0.29) is 11.9 Å². The van der Waals surface area contributed by atoms with Crippen LogP contribution in [0.1, 0.15) is 28.9 Å². The molecule has 1 aromatic heterocycles. The number of carbonyl (C=O) groups excluding carboxylic acids is 1. The molecule has 2 aromatic carbocycles. The fourth-order valence-electron chi connectivity index (χ4n) is 2.63. The summed E-state index contributed by atoms with van der Waals surface area (Å²) in [6, 6.07) is 15.2. The number of carbonyl (C=O) groups is 1. The zero-order chi connectivity index (χ0) is 19.9. The number of nitrogens with zero attached hydrogens (tertiary/aromatic N) is 2. The first-order valence-corrected chi connectivity index (χ1v) is 8.77. The van der Waals surface area contributed by atoms with Crippen molar-refractivity contribution < 1.29 is 14.3 Å². The molecule has 28 heavy (non-hydrogen) atoms. The van der Waals surface area contributed by atoms with Crippen molar-refractivity contribution in [1.82, 2.24) is 9.97 Å². The van der Waals surface area contributed by atoms with Crippen LogP contribution in [0, 0.1) is 0 Å². The van der Waals surface area contributed by atoms with Crippen molar-refractivity contribution >= 4 is 17.5 Å². The molecule has 1 heterocycles. The Morgan fingerprint density at radius 2 is 1.71 bits per heavy atom. The normalized spacial score (nSPS) is 11.4. The number of rotatable bonds is 7. The SMILES string of the molecule is COc1ccc(NC(=O)c2cnc(NC(C)c3ccccc3)nc2)c(OC)c1. The lowest BCUT2D eigenvalue weighted by atomic mass is 10.1.